The van der Waals surface area contributed by atoms with E-state index in [9.17, 15) is 0 Å². The molecule has 0 aromatic heterocycles. The van der Waals surface area contributed by atoms with Crippen LogP contribution in [0.4, 0.5) is 0 Å². The topological polar surface area (TPSA) is 30.5 Å². The quantitative estimate of drug-likeness (QED) is 0.673. The van der Waals surface area contributed by atoms with Gasteiger partial charge in [0.25, 0.3) is 0 Å². The van der Waals surface area contributed by atoms with Crippen molar-refractivity contribution >= 4 is 15.9 Å². The van der Waals surface area contributed by atoms with Gasteiger partial charge < -0.3 is 14.8 Å². The molecule has 0 bridgehead atoms. The van der Waals surface area contributed by atoms with E-state index in [-0.39, 0.29) is 0 Å². The third-order valence-electron chi connectivity index (χ3n) is 2.10. The van der Waals surface area contributed by atoms with E-state index in [1.807, 2.05) is 18.2 Å². The van der Waals surface area contributed by atoms with E-state index in [1.54, 1.807) is 0 Å². The van der Waals surface area contributed by atoms with Gasteiger partial charge in [0.1, 0.15) is 0 Å². The summed E-state index contributed by atoms with van der Waals surface area (Å²) >= 11 is 3.45. The molecule has 80 valence electrons. The molecular weight excluding hydrogens is 258 g/mol. The van der Waals surface area contributed by atoms with Gasteiger partial charge in [-0.1, -0.05) is 6.08 Å². The Balaban J connectivity index is 2.13. The molecule has 1 N–H and O–H groups in total. The van der Waals surface area contributed by atoms with Crippen LogP contribution in [0.3, 0.4) is 0 Å². The smallest absolute Gasteiger partial charge is 0.231 e. The molecule has 3 nitrogen and oxygen atoms in total. The molecule has 2 rings (SSSR count). The summed E-state index contributed by atoms with van der Waals surface area (Å²) in [6, 6.07) is 4.02. The number of halogens is 1. The summed E-state index contributed by atoms with van der Waals surface area (Å²) in [4.78, 5) is 0. The molecule has 1 aliphatic heterocycles. The number of ether oxygens (including phenoxy) is 2. The molecule has 15 heavy (non-hydrogen) atoms. The largest absolute Gasteiger partial charge is 0.454 e. The second-order valence-corrected chi connectivity index (χ2v) is 4.09. The van der Waals surface area contributed by atoms with Gasteiger partial charge in [0.05, 0.1) is 4.47 Å². The Morgan fingerprint density at radius 1 is 1.47 bits per heavy atom. The van der Waals surface area contributed by atoms with Gasteiger partial charge in [-0.15, -0.1) is 6.58 Å². The SMILES string of the molecule is C=CCNCc1cc(Br)c2c(c1)OCO2. The Bertz CT molecular complexity index is 379. The van der Waals surface area contributed by atoms with E-state index in [1.165, 1.54) is 0 Å². The summed E-state index contributed by atoms with van der Waals surface area (Å²) in [6.45, 7) is 5.54. The van der Waals surface area contributed by atoms with Crippen molar-refractivity contribution in [3.05, 3.63) is 34.8 Å². The van der Waals surface area contributed by atoms with Crippen molar-refractivity contribution in [2.24, 2.45) is 0 Å². The first-order valence-corrected chi connectivity index (χ1v) is 5.50. The van der Waals surface area contributed by atoms with Gasteiger partial charge in [-0.25, -0.2) is 0 Å². The van der Waals surface area contributed by atoms with E-state index in [0.717, 1.165) is 34.6 Å². The molecule has 0 saturated carbocycles. The molecule has 0 amide bonds. The highest BCUT2D eigenvalue weighted by Crippen LogP contribution is 2.39. The number of hydrogen-bond acceptors (Lipinski definition) is 3. The van der Waals surface area contributed by atoms with Crippen molar-refractivity contribution in [1.82, 2.24) is 5.32 Å². The molecule has 0 atom stereocenters. The highest BCUT2D eigenvalue weighted by atomic mass is 79.9. The Labute approximate surface area is 97.2 Å². The third kappa shape index (κ3) is 2.33. The lowest BCUT2D eigenvalue weighted by molar-refractivity contribution is 0.173. The van der Waals surface area contributed by atoms with Crippen LogP contribution in [-0.2, 0) is 6.54 Å². The number of benzene rings is 1. The highest BCUT2D eigenvalue weighted by molar-refractivity contribution is 9.10. The van der Waals surface area contributed by atoms with Crippen LogP contribution in [0, 0.1) is 0 Å². The summed E-state index contributed by atoms with van der Waals surface area (Å²) in [5, 5.41) is 3.23. The highest BCUT2D eigenvalue weighted by Gasteiger charge is 2.17. The molecule has 0 radical (unpaired) electrons. The van der Waals surface area contributed by atoms with Gasteiger partial charge in [0, 0.05) is 13.1 Å². The maximum atomic E-state index is 5.33. The fraction of sp³-hybridized carbons (Fsp3) is 0.273. The lowest BCUT2D eigenvalue weighted by Gasteiger charge is -2.05. The first-order chi connectivity index (χ1) is 7.31. The Hall–Kier alpha value is -1.00. The Morgan fingerprint density at radius 2 is 2.33 bits per heavy atom. The van der Waals surface area contributed by atoms with E-state index in [2.05, 4.69) is 27.8 Å². The first kappa shape index (κ1) is 10.5. The average molecular weight is 270 g/mol. The minimum absolute atomic E-state index is 0.303. The third-order valence-corrected chi connectivity index (χ3v) is 2.69. The van der Waals surface area contributed by atoms with Crippen LogP contribution >= 0.6 is 15.9 Å². The van der Waals surface area contributed by atoms with Crippen LogP contribution < -0.4 is 14.8 Å². The van der Waals surface area contributed by atoms with Crippen molar-refractivity contribution < 1.29 is 9.47 Å². The zero-order valence-electron chi connectivity index (χ0n) is 8.25. The first-order valence-electron chi connectivity index (χ1n) is 4.71. The molecule has 0 aliphatic carbocycles. The lowest BCUT2D eigenvalue weighted by atomic mass is 10.2. The second kappa shape index (κ2) is 4.68. The normalized spacial score (nSPS) is 12.9. The molecule has 1 aromatic carbocycles. The van der Waals surface area contributed by atoms with Crippen LogP contribution in [0.2, 0.25) is 0 Å². The van der Waals surface area contributed by atoms with Gasteiger partial charge in [-0.2, -0.15) is 0 Å². The van der Waals surface area contributed by atoms with Crippen LogP contribution in [-0.4, -0.2) is 13.3 Å². The maximum Gasteiger partial charge on any atom is 0.231 e. The average Bonchev–Trinajstić information content (AvgIpc) is 2.66. The van der Waals surface area contributed by atoms with Crippen molar-refractivity contribution in [1.29, 1.82) is 0 Å². The predicted octanol–water partition coefficient (Wildman–Crippen LogP) is 2.45. The molecule has 0 fully saturated rings. The van der Waals surface area contributed by atoms with E-state index >= 15 is 0 Å². The van der Waals surface area contributed by atoms with Crippen LogP contribution in [0.5, 0.6) is 11.5 Å². The second-order valence-electron chi connectivity index (χ2n) is 3.23. The fourth-order valence-corrected chi connectivity index (χ4v) is 2.05. The standard InChI is InChI=1S/C11H12BrNO2/c1-2-3-13-6-8-4-9(12)11-10(5-8)14-7-15-11/h2,4-5,13H,1,3,6-7H2. The minimum atomic E-state index is 0.303. The maximum absolute atomic E-state index is 5.33. The van der Waals surface area contributed by atoms with E-state index in [4.69, 9.17) is 9.47 Å². The van der Waals surface area contributed by atoms with Gasteiger partial charge in [0.2, 0.25) is 6.79 Å². The fourth-order valence-electron chi connectivity index (χ4n) is 1.44. The summed E-state index contributed by atoms with van der Waals surface area (Å²) in [7, 11) is 0. The molecule has 1 aromatic rings. The van der Waals surface area contributed by atoms with Crippen molar-refractivity contribution in [2.45, 2.75) is 6.54 Å². The molecule has 0 unspecified atom stereocenters. The lowest BCUT2D eigenvalue weighted by Crippen LogP contribution is -2.12. The van der Waals surface area contributed by atoms with Crippen molar-refractivity contribution in [3.63, 3.8) is 0 Å². The van der Waals surface area contributed by atoms with Crippen LogP contribution in [0.1, 0.15) is 5.56 Å². The summed E-state index contributed by atoms with van der Waals surface area (Å²) in [6.07, 6.45) is 1.84. The summed E-state index contributed by atoms with van der Waals surface area (Å²) in [5.74, 6) is 1.60. The molecule has 0 spiro atoms. The van der Waals surface area contributed by atoms with Gasteiger partial charge in [-0.3, -0.25) is 0 Å². The van der Waals surface area contributed by atoms with Crippen molar-refractivity contribution in [3.8, 4) is 11.5 Å². The predicted molar refractivity (Wildman–Crippen MR) is 62.2 cm³/mol. The van der Waals surface area contributed by atoms with E-state index in [0.29, 0.717) is 6.79 Å². The molecule has 4 heteroatoms. The number of fused-ring (bicyclic) bond motifs is 1. The van der Waals surface area contributed by atoms with Crippen LogP contribution in [0.15, 0.2) is 29.3 Å². The van der Waals surface area contributed by atoms with E-state index < -0.39 is 0 Å². The Kier molecular flexibility index (Phi) is 3.28. The molecular formula is C11H12BrNO2. The molecule has 1 heterocycles. The number of hydrogen-bond donors (Lipinski definition) is 1. The molecule has 0 saturated heterocycles. The monoisotopic (exact) mass is 269 g/mol. The van der Waals surface area contributed by atoms with Crippen molar-refractivity contribution in [2.75, 3.05) is 13.3 Å². The number of rotatable bonds is 4. The summed E-state index contributed by atoms with van der Waals surface area (Å²) in [5.41, 5.74) is 1.16. The van der Waals surface area contributed by atoms with Gasteiger partial charge in [0.15, 0.2) is 11.5 Å². The minimum Gasteiger partial charge on any atom is -0.454 e. The Morgan fingerprint density at radius 3 is 3.13 bits per heavy atom. The van der Waals surface area contributed by atoms with Gasteiger partial charge >= 0.3 is 0 Å². The molecule has 1 aliphatic rings. The van der Waals surface area contributed by atoms with Gasteiger partial charge in [-0.05, 0) is 33.6 Å². The van der Waals surface area contributed by atoms with Crippen LogP contribution in [0.25, 0.3) is 0 Å². The zero-order chi connectivity index (χ0) is 10.7. The zero-order valence-corrected chi connectivity index (χ0v) is 9.84. The summed E-state index contributed by atoms with van der Waals surface area (Å²) < 4.78 is 11.6. The number of nitrogens with one attached hydrogen (secondary N) is 1.